The molecule has 0 aliphatic carbocycles. The fourth-order valence-corrected chi connectivity index (χ4v) is 0.903. The molecule has 0 aliphatic rings. The van der Waals surface area contributed by atoms with Crippen LogP contribution in [0.15, 0.2) is 0 Å². The minimum absolute atomic E-state index is 0.374. The topological polar surface area (TPSA) is 76.1 Å². The average Bonchev–Trinajstić information content (AvgIpc) is 1.85. The zero-order chi connectivity index (χ0) is 9.78. The molecule has 3 atom stereocenters. The zero-order valence-electron chi connectivity index (χ0n) is 8.52. The highest BCUT2D eigenvalue weighted by Crippen LogP contribution is 2.05. The van der Waals surface area contributed by atoms with E-state index >= 15 is 0 Å². The largest absolute Gasteiger partial charge is 0.318 e. The van der Waals surface area contributed by atoms with Gasteiger partial charge in [0.25, 0.3) is 0 Å². The van der Waals surface area contributed by atoms with E-state index in [9.17, 15) is 0 Å². The van der Waals surface area contributed by atoms with E-state index in [0.717, 1.165) is 0 Å². The first-order valence-electron chi connectivity index (χ1n) is 4.40. The molecule has 0 aromatic heterocycles. The normalized spacial score (nSPS) is 21.4. The van der Waals surface area contributed by atoms with Crippen molar-refractivity contribution >= 4 is 7.85 Å². The molecular formula is C7H21BN4. The maximum absolute atomic E-state index is 5.86. The Hall–Kier alpha value is -0.0951. The molecule has 0 aromatic rings. The van der Waals surface area contributed by atoms with Crippen LogP contribution in [0.1, 0.15) is 20.8 Å². The summed E-state index contributed by atoms with van der Waals surface area (Å²) in [7, 11) is 2.15. The van der Waals surface area contributed by atoms with E-state index in [1.165, 1.54) is 0 Å². The molecule has 4 nitrogen and oxygen atoms in total. The van der Waals surface area contributed by atoms with Crippen LogP contribution < -0.4 is 22.1 Å². The summed E-state index contributed by atoms with van der Waals surface area (Å²) in [5, 5.41) is 6.20. The van der Waals surface area contributed by atoms with Crippen LogP contribution in [0, 0.1) is 0 Å². The highest BCUT2D eigenvalue weighted by Gasteiger charge is 2.19. The second kappa shape index (κ2) is 4.82. The number of rotatable bonds is 5. The van der Waals surface area contributed by atoms with Crippen LogP contribution in [0.3, 0.4) is 0 Å². The van der Waals surface area contributed by atoms with Crippen molar-refractivity contribution in [2.24, 2.45) is 11.5 Å². The average molecular weight is 172 g/mol. The van der Waals surface area contributed by atoms with E-state index in [4.69, 9.17) is 11.5 Å². The molecule has 0 radical (unpaired) electrons. The van der Waals surface area contributed by atoms with Gasteiger partial charge in [-0.15, -0.1) is 0 Å². The molecule has 0 amide bonds. The summed E-state index contributed by atoms with van der Waals surface area (Å²) in [5.74, 6) is -0.00854. The van der Waals surface area contributed by atoms with Crippen molar-refractivity contribution in [3.05, 3.63) is 0 Å². The summed E-state index contributed by atoms with van der Waals surface area (Å²) in [6, 6.07) is 0.374. The van der Waals surface area contributed by atoms with Crippen molar-refractivity contribution in [1.29, 1.82) is 0 Å². The Morgan fingerprint density at radius 1 is 1.50 bits per heavy atom. The Morgan fingerprint density at radius 3 is 2.33 bits per heavy atom. The Balaban J connectivity index is 3.87. The molecule has 0 heterocycles. The molecule has 0 aromatic carbocycles. The van der Waals surface area contributed by atoms with Gasteiger partial charge >= 0.3 is 0 Å². The van der Waals surface area contributed by atoms with Crippen LogP contribution in [0.2, 0.25) is 5.82 Å². The van der Waals surface area contributed by atoms with Crippen LogP contribution in [0.5, 0.6) is 0 Å². The van der Waals surface area contributed by atoms with Gasteiger partial charge in [0.2, 0.25) is 0 Å². The van der Waals surface area contributed by atoms with E-state index < -0.39 is 5.79 Å². The molecule has 0 fully saturated rings. The molecule has 0 bridgehead atoms. The van der Waals surface area contributed by atoms with E-state index in [0.29, 0.717) is 18.5 Å². The van der Waals surface area contributed by atoms with Gasteiger partial charge in [0.15, 0.2) is 0 Å². The molecule has 6 N–H and O–H groups in total. The third-order valence-electron chi connectivity index (χ3n) is 2.00. The molecule has 0 rings (SSSR count). The van der Waals surface area contributed by atoms with E-state index in [-0.39, 0.29) is 0 Å². The lowest BCUT2D eigenvalue weighted by Crippen LogP contribution is -2.65. The quantitative estimate of drug-likeness (QED) is 0.302. The summed E-state index contributed by atoms with van der Waals surface area (Å²) < 4.78 is 0. The van der Waals surface area contributed by atoms with Crippen LogP contribution >= 0.6 is 0 Å². The lowest BCUT2D eigenvalue weighted by Gasteiger charge is -2.32. The first-order valence-corrected chi connectivity index (χ1v) is 4.40. The van der Waals surface area contributed by atoms with Crippen LogP contribution in [-0.4, -0.2) is 26.3 Å². The molecular weight excluding hydrogens is 151 g/mol. The van der Waals surface area contributed by atoms with E-state index in [1.54, 1.807) is 0 Å². The number of nitrogens with two attached hydrogens (primary N) is 2. The van der Waals surface area contributed by atoms with Crippen molar-refractivity contribution in [1.82, 2.24) is 10.6 Å². The number of hydrogen-bond acceptors (Lipinski definition) is 4. The second-order valence-corrected chi connectivity index (χ2v) is 3.76. The summed E-state index contributed by atoms with van der Waals surface area (Å²) in [4.78, 5) is 0. The second-order valence-electron chi connectivity index (χ2n) is 3.76. The molecule has 2 unspecified atom stereocenters. The molecule has 0 aliphatic heterocycles. The Labute approximate surface area is 75.9 Å². The minimum Gasteiger partial charge on any atom is -0.318 e. The van der Waals surface area contributed by atoms with Crippen LogP contribution in [-0.2, 0) is 0 Å². The first-order chi connectivity index (χ1) is 5.39. The van der Waals surface area contributed by atoms with Gasteiger partial charge in [0, 0.05) is 12.7 Å². The van der Waals surface area contributed by atoms with Crippen molar-refractivity contribution in [2.75, 3.05) is 6.67 Å². The fourth-order valence-electron chi connectivity index (χ4n) is 0.903. The number of nitrogens with one attached hydrogen (secondary N) is 2. The summed E-state index contributed by atoms with van der Waals surface area (Å²) in [5.41, 5.74) is 11.2. The van der Waals surface area contributed by atoms with E-state index in [2.05, 4.69) is 32.3 Å². The highest BCUT2D eigenvalue weighted by atomic mass is 15.3. The Morgan fingerprint density at radius 2 is 2.00 bits per heavy atom. The Bertz CT molecular complexity index is 127. The monoisotopic (exact) mass is 172 g/mol. The van der Waals surface area contributed by atoms with Crippen molar-refractivity contribution in [3.63, 3.8) is 0 Å². The predicted molar refractivity (Wildman–Crippen MR) is 55.3 cm³/mol. The molecule has 12 heavy (non-hydrogen) atoms. The van der Waals surface area contributed by atoms with Gasteiger partial charge in [-0.2, -0.15) is 0 Å². The van der Waals surface area contributed by atoms with Gasteiger partial charge < -0.3 is 11.5 Å². The van der Waals surface area contributed by atoms with Crippen molar-refractivity contribution < 1.29 is 0 Å². The fraction of sp³-hybridized carbons (Fsp3) is 1.00. The minimum atomic E-state index is -0.571. The van der Waals surface area contributed by atoms with Gasteiger partial charge in [-0.25, -0.2) is 0 Å². The summed E-state index contributed by atoms with van der Waals surface area (Å²) in [6.07, 6.45) is 0. The van der Waals surface area contributed by atoms with Gasteiger partial charge in [-0.3, -0.25) is 10.6 Å². The maximum atomic E-state index is 5.86. The highest BCUT2D eigenvalue weighted by molar-refractivity contribution is 6.11. The van der Waals surface area contributed by atoms with Gasteiger partial charge in [0.05, 0.1) is 0 Å². The molecule has 0 saturated carbocycles. The SMILES string of the molecule is BC(C)[C@@H](C)NC(C)(N)NCN. The van der Waals surface area contributed by atoms with Crippen molar-refractivity contribution in [2.45, 2.75) is 38.4 Å². The first kappa shape index (κ1) is 11.9. The smallest absolute Gasteiger partial charge is 0.119 e. The lowest BCUT2D eigenvalue weighted by atomic mass is 9.83. The summed E-state index contributed by atoms with van der Waals surface area (Å²) in [6.45, 7) is 6.51. The molecule has 72 valence electrons. The van der Waals surface area contributed by atoms with Gasteiger partial charge in [-0.05, 0) is 6.92 Å². The third kappa shape index (κ3) is 4.72. The maximum Gasteiger partial charge on any atom is 0.119 e. The van der Waals surface area contributed by atoms with Gasteiger partial charge in [-0.1, -0.05) is 19.7 Å². The van der Waals surface area contributed by atoms with Crippen LogP contribution in [0.25, 0.3) is 0 Å². The number of hydrogen-bond donors (Lipinski definition) is 4. The predicted octanol–water partition coefficient (Wildman–Crippen LogP) is -1.46. The molecule has 0 spiro atoms. The van der Waals surface area contributed by atoms with E-state index in [1.807, 2.05) is 6.92 Å². The summed E-state index contributed by atoms with van der Waals surface area (Å²) >= 11 is 0. The van der Waals surface area contributed by atoms with Gasteiger partial charge in [0.1, 0.15) is 13.6 Å². The molecule has 0 saturated heterocycles. The van der Waals surface area contributed by atoms with Crippen LogP contribution in [0.4, 0.5) is 0 Å². The molecule has 5 heteroatoms. The lowest BCUT2D eigenvalue weighted by molar-refractivity contribution is 0.264. The van der Waals surface area contributed by atoms with Crippen molar-refractivity contribution in [3.8, 4) is 0 Å². The Kier molecular flexibility index (Phi) is 4.78. The third-order valence-corrected chi connectivity index (χ3v) is 2.00. The zero-order valence-corrected chi connectivity index (χ0v) is 8.52. The standard InChI is InChI=1S/C7H21BN4/c1-5(8)6(2)12-7(3,10)11-4-9/h5-6,11-12H,4,8-10H2,1-3H3/t5?,6-,7?/m1/s1.